The number of ether oxygens (including phenoxy) is 1. The molecular formula is C16H20N6O2. The van der Waals surface area contributed by atoms with E-state index < -0.39 is 0 Å². The molecule has 0 spiro atoms. The zero-order valence-electron chi connectivity index (χ0n) is 13.6. The van der Waals surface area contributed by atoms with Gasteiger partial charge in [-0.1, -0.05) is 0 Å². The number of hydrogen-bond acceptors (Lipinski definition) is 7. The molecule has 0 amide bonds. The first-order valence-corrected chi connectivity index (χ1v) is 8.09. The summed E-state index contributed by atoms with van der Waals surface area (Å²) in [4.78, 5) is 2.38. The highest BCUT2D eigenvalue weighted by Crippen LogP contribution is 2.24. The number of aromatic nitrogens is 4. The molecule has 1 aliphatic heterocycles. The molecule has 0 radical (unpaired) electrons. The standard InChI is InChI=1S/C16H20N6O2/c1-12-2-3-14(24-12)13(21-6-8-23-9-7-21)10-17-15-4-5-16-19-18-11-22(16)20-15/h2-5,11,13H,6-10H2,1H3,(H,17,20)/t13-/m0/s1. The van der Waals surface area contributed by atoms with Crippen LogP contribution in [0.4, 0.5) is 5.82 Å². The molecule has 1 N–H and O–H groups in total. The van der Waals surface area contributed by atoms with E-state index in [1.54, 1.807) is 10.8 Å². The molecule has 0 unspecified atom stereocenters. The van der Waals surface area contributed by atoms with E-state index in [-0.39, 0.29) is 6.04 Å². The maximum Gasteiger partial charge on any atom is 0.177 e. The average molecular weight is 328 g/mol. The summed E-state index contributed by atoms with van der Waals surface area (Å²) in [5.74, 6) is 2.67. The van der Waals surface area contributed by atoms with E-state index in [4.69, 9.17) is 9.15 Å². The van der Waals surface area contributed by atoms with Crippen LogP contribution < -0.4 is 5.32 Å². The molecule has 0 saturated carbocycles. The molecule has 1 atom stereocenters. The van der Waals surface area contributed by atoms with Crippen LogP contribution >= 0.6 is 0 Å². The molecule has 8 heteroatoms. The van der Waals surface area contributed by atoms with Gasteiger partial charge in [0.15, 0.2) is 5.65 Å². The fourth-order valence-electron chi connectivity index (χ4n) is 2.96. The minimum Gasteiger partial charge on any atom is -0.465 e. The predicted octanol–water partition coefficient (Wildman–Crippen LogP) is 1.51. The lowest BCUT2D eigenvalue weighted by Crippen LogP contribution is -2.41. The second kappa shape index (κ2) is 6.58. The Morgan fingerprint density at radius 2 is 2.08 bits per heavy atom. The molecule has 3 aromatic rings. The van der Waals surface area contributed by atoms with Crippen LogP contribution in [0.2, 0.25) is 0 Å². The molecule has 1 saturated heterocycles. The summed E-state index contributed by atoms with van der Waals surface area (Å²) >= 11 is 0. The molecule has 4 heterocycles. The van der Waals surface area contributed by atoms with Gasteiger partial charge in [-0.05, 0) is 31.2 Å². The largest absolute Gasteiger partial charge is 0.465 e. The van der Waals surface area contributed by atoms with Crippen LogP contribution in [0.15, 0.2) is 35.0 Å². The van der Waals surface area contributed by atoms with E-state index in [0.717, 1.165) is 49.3 Å². The zero-order valence-corrected chi connectivity index (χ0v) is 13.6. The fourth-order valence-corrected chi connectivity index (χ4v) is 2.96. The molecule has 0 aromatic carbocycles. The third-order valence-electron chi connectivity index (χ3n) is 4.21. The van der Waals surface area contributed by atoms with Crippen molar-refractivity contribution in [2.45, 2.75) is 13.0 Å². The van der Waals surface area contributed by atoms with Gasteiger partial charge in [0.25, 0.3) is 0 Å². The Kier molecular flexibility index (Phi) is 4.14. The van der Waals surface area contributed by atoms with E-state index in [2.05, 4.69) is 25.5 Å². The second-order valence-electron chi connectivity index (χ2n) is 5.85. The first-order chi connectivity index (χ1) is 11.8. The maximum atomic E-state index is 5.88. The van der Waals surface area contributed by atoms with E-state index in [1.807, 2.05) is 31.2 Å². The van der Waals surface area contributed by atoms with Gasteiger partial charge < -0.3 is 14.5 Å². The van der Waals surface area contributed by atoms with Gasteiger partial charge in [0.1, 0.15) is 23.7 Å². The van der Waals surface area contributed by atoms with Crippen LogP contribution in [0.5, 0.6) is 0 Å². The van der Waals surface area contributed by atoms with Crippen LogP contribution in [0.3, 0.4) is 0 Å². The van der Waals surface area contributed by atoms with Crippen molar-refractivity contribution < 1.29 is 9.15 Å². The summed E-state index contributed by atoms with van der Waals surface area (Å²) in [5.41, 5.74) is 0.729. The van der Waals surface area contributed by atoms with Crippen molar-refractivity contribution in [3.63, 3.8) is 0 Å². The molecule has 24 heavy (non-hydrogen) atoms. The Morgan fingerprint density at radius 3 is 2.88 bits per heavy atom. The molecule has 126 valence electrons. The van der Waals surface area contributed by atoms with Crippen LogP contribution in [0, 0.1) is 6.92 Å². The SMILES string of the molecule is Cc1ccc([C@H](CNc2ccc3nncn3n2)N2CCOCC2)o1. The van der Waals surface area contributed by atoms with E-state index >= 15 is 0 Å². The summed E-state index contributed by atoms with van der Waals surface area (Å²) in [5, 5.41) is 15.7. The first kappa shape index (κ1) is 15.1. The number of morpholine rings is 1. The summed E-state index contributed by atoms with van der Waals surface area (Å²) in [6.45, 7) is 5.96. The highest BCUT2D eigenvalue weighted by Gasteiger charge is 2.25. The Labute approximate surface area is 139 Å². The Morgan fingerprint density at radius 1 is 1.21 bits per heavy atom. The van der Waals surface area contributed by atoms with Crippen LogP contribution in [0.1, 0.15) is 17.6 Å². The number of nitrogens with zero attached hydrogens (tertiary/aromatic N) is 5. The molecular weight excluding hydrogens is 308 g/mol. The van der Waals surface area contributed by atoms with Crippen molar-refractivity contribution in [2.75, 3.05) is 38.2 Å². The van der Waals surface area contributed by atoms with E-state index in [0.29, 0.717) is 6.54 Å². The number of rotatable bonds is 5. The topological polar surface area (TPSA) is 80.7 Å². The zero-order chi connectivity index (χ0) is 16.4. The minimum atomic E-state index is 0.140. The molecule has 3 aromatic heterocycles. The van der Waals surface area contributed by atoms with Gasteiger partial charge in [0.05, 0.1) is 19.3 Å². The van der Waals surface area contributed by atoms with Crippen molar-refractivity contribution in [2.24, 2.45) is 0 Å². The third-order valence-corrected chi connectivity index (χ3v) is 4.21. The van der Waals surface area contributed by atoms with Crippen LogP contribution in [-0.2, 0) is 4.74 Å². The molecule has 0 bridgehead atoms. The van der Waals surface area contributed by atoms with Crippen molar-refractivity contribution in [1.29, 1.82) is 0 Å². The Balaban J connectivity index is 1.52. The molecule has 0 aliphatic carbocycles. The lowest BCUT2D eigenvalue weighted by atomic mass is 10.1. The molecule has 1 aliphatic rings. The van der Waals surface area contributed by atoms with Gasteiger partial charge in [-0.3, -0.25) is 4.90 Å². The first-order valence-electron chi connectivity index (χ1n) is 8.09. The molecule has 8 nitrogen and oxygen atoms in total. The van der Waals surface area contributed by atoms with Crippen LogP contribution in [0.25, 0.3) is 5.65 Å². The molecule has 1 fully saturated rings. The monoisotopic (exact) mass is 328 g/mol. The third kappa shape index (κ3) is 3.10. The lowest BCUT2D eigenvalue weighted by Gasteiger charge is -2.33. The number of furan rings is 1. The van der Waals surface area contributed by atoms with Crippen LogP contribution in [-0.4, -0.2) is 57.6 Å². The summed E-state index contributed by atoms with van der Waals surface area (Å²) in [6, 6.07) is 8.00. The predicted molar refractivity (Wildman–Crippen MR) is 87.8 cm³/mol. The van der Waals surface area contributed by atoms with Crippen molar-refractivity contribution >= 4 is 11.5 Å². The van der Waals surface area contributed by atoms with Gasteiger partial charge in [-0.2, -0.15) is 4.52 Å². The van der Waals surface area contributed by atoms with Gasteiger partial charge in [0, 0.05) is 19.6 Å². The van der Waals surface area contributed by atoms with Gasteiger partial charge >= 0.3 is 0 Å². The molecule has 4 rings (SSSR count). The smallest absolute Gasteiger partial charge is 0.177 e. The van der Waals surface area contributed by atoms with Gasteiger partial charge in [-0.15, -0.1) is 15.3 Å². The number of nitrogens with one attached hydrogen (secondary N) is 1. The quantitative estimate of drug-likeness (QED) is 0.760. The number of fused-ring (bicyclic) bond motifs is 1. The minimum absolute atomic E-state index is 0.140. The van der Waals surface area contributed by atoms with E-state index in [9.17, 15) is 0 Å². The Bertz CT molecular complexity index is 808. The van der Waals surface area contributed by atoms with Crippen molar-refractivity contribution in [3.05, 3.63) is 42.1 Å². The van der Waals surface area contributed by atoms with Crippen molar-refractivity contribution in [3.8, 4) is 0 Å². The van der Waals surface area contributed by atoms with Gasteiger partial charge in [0.2, 0.25) is 0 Å². The second-order valence-corrected chi connectivity index (χ2v) is 5.85. The highest BCUT2D eigenvalue weighted by molar-refractivity contribution is 5.43. The lowest BCUT2D eigenvalue weighted by molar-refractivity contribution is 0.0143. The Hall–Kier alpha value is -2.45. The summed E-state index contributed by atoms with van der Waals surface area (Å²) in [6.07, 6.45) is 1.59. The normalized spacial score (nSPS) is 17.2. The fraction of sp³-hybridized carbons (Fsp3) is 0.438. The summed E-state index contributed by atoms with van der Waals surface area (Å²) < 4.78 is 13.0. The maximum absolute atomic E-state index is 5.88. The number of hydrogen-bond donors (Lipinski definition) is 1. The number of aryl methyl sites for hydroxylation is 1. The summed E-state index contributed by atoms with van der Waals surface area (Å²) in [7, 11) is 0. The highest BCUT2D eigenvalue weighted by atomic mass is 16.5. The van der Waals surface area contributed by atoms with Gasteiger partial charge in [-0.25, -0.2) is 0 Å². The number of anilines is 1. The van der Waals surface area contributed by atoms with Crippen molar-refractivity contribution in [1.82, 2.24) is 24.7 Å². The van der Waals surface area contributed by atoms with E-state index in [1.165, 1.54) is 0 Å². The average Bonchev–Trinajstić information content (AvgIpc) is 3.24.